The van der Waals surface area contributed by atoms with Crippen LogP contribution in [0.2, 0.25) is 0 Å². The van der Waals surface area contributed by atoms with Crippen LogP contribution in [-0.4, -0.2) is 23.1 Å². The topological polar surface area (TPSA) is 51.2 Å². The van der Waals surface area contributed by atoms with Gasteiger partial charge < -0.3 is 10.1 Å². The first kappa shape index (κ1) is 13.5. The molecule has 0 bridgehead atoms. The first-order valence-corrected chi connectivity index (χ1v) is 7.43. The van der Waals surface area contributed by atoms with E-state index in [0.29, 0.717) is 0 Å². The molecule has 1 amide bonds. The molecule has 1 aliphatic heterocycles. The Hall–Kier alpha value is -1.46. The Kier molecular flexibility index (Phi) is 3.72. The molecule has 1 saturated heterocycles. The maximum atomic E-state index is 12.2. The fourth-order valence-corrected chi connectivity index (χ4v) is 2.79. The molecule has 1 aromatic heterocycles. The summed E-state index contributed by atoms with van der Waals surface area (Å²) in [6.07, 6.45) is 3.24. The van der Waals surface area contributed by atoms with Crippen LogP contribution in [0, 0.1) is 0 Å². The minimum Gasteiger partial charge on any atom is -0.365 e. The zero-order valence-electron chi connectivity index (χ0n) is 11.1. The number of rotatable bonds is 2. The summed E-state index contributed by atoms with van der Waals surface area (Å²) in [4.78, 5) is 16.6. The number of ether oxygens (including phenoxy) is 1. The van der Waals surface area contributed by atoms with Gasteiger partial charge in [-0.1, -0.05) is 12.1 Å². The molecule has 1 N–H and O–H groups in total. The number of carbonyl (C=O) groups is 1. The second-order valence-electron chi connectivity index (χ2n) is 5.03. The molecule has 104 valence electrons. The van der Waals surface area contributed by atoms with Gasteiger partial charge in [-0.25, -0.2) is 0 Å². The van der Waals surface area contributed by atoms with Crippen molar-refractivity contribution < 1.29 is 9.53 Å². The monoisotopic (exact) mass is 334 g/mol. The second kappa shape index (κ2) is 5.50. The summed E-state index contributed by atoms with van der Waals surface area (Å²) in [5.74, 6) is -0.0911. The van der Waals surface area contributed by atoms with Crippen molar-refractivity contribution in [2.24, 2.45) is 0 Å². The van der Waals surface area contributed by atoms with Crippen LogP contribution in [0.5, 0.6) is 0 Å². The molecule has 1 aromatic carbocycles. The number of halogens is 1. The van der Waals surface area contributed by atoms with Crippen molar-refractivity contribution in [1.29, 1.82) is 0 Å². The Balaban J connectivity index is 1.85. The lowest BCUT2D eigenvalue weighted by Crippen LogP contribution is -2.27. The first-order valence-electron chi connectivity index (χ1n) is 6.64. The van der Waals surface area contributed by atoms with Crippen LogP contribution in [0.25, 0.3) is 10.9 Å². The summed E-state index contributed by atoms with van der Waals surface area (Å²) >= 11 is 3.40. The van der Waals surface area contributed by atoms with Gasteiger partial charge in [-0.05, 0) is 47.8 Å². The highest BCUT2D eigenvalue weighted by molar-refractivity contribution is 9.10. The van der Waals surface area contributed by atoms with E-state index in [9.17, 15) is 4.79 Å². The Bertz CT molecular complexity index is 659. The average Bonchev–Trinajstić information content (AvgIpc) is 2.85. The highest BCUT2D eigenvalue weighted by atomic mass is 79.9. The molecule has 0 radical (unpaired) electrons. The molecule has 1 aliphatic rings. The van der Waals surface area contributed by atoms with Crippen molar-refractivity contribution in [1.82, 2.24) is 4.98 Å². The number of amides is 1. The third-order valence-corrected chi connectivity index (χ3v) is 3.89. The Morgan fingerprint density at radius 1 is 1.45 bits per heavy atom. The van der Waals surface area contributed by atoms with Crippen molar-refractivity contribution in [3.63, 3.8) is 0 Å². The molecule has 4 nitrogen and oxygen atoms in total. The predicted octanol–water partition coefficient (Wildman–Crippen LogP) is 3.50. The lowest BCUT2D eigenvalue weighted by molar-refractivity contribution is -0.126. The molecule has 0 aliphatic carbocycles. The van der Waals surface area contributed by atoms with E-state index in [2.05, 4.69) is 26.2 Å². The Morgan fingerprint density at radius 2 is 2.30 bits per heavy atom. The van der Waals surface area contributed by atoms with Gasteiger partial charge in [0.15, 0.2) is 0 Å². The molecular weight excluding hydrogens is 320 g/mol. The lowest BCUT2D eigenvalue weighted by Gasteiger charge is -2.13. The zero-order valence-corrected chi connectivity index (χ0v) is 12.7. The number of hydrogen-bond acceptors (Lipinski definition) is 3. The number of benzene rings is 1. The van der Waals surface area contributed by atoms with Gasteiger partial charge in [-0.3, -0.25) is 9.78 Å². The molecule has 5 heteroatoms. The fraction of sp³-hybridized carbons (Fsp3) is 0.333. The van der Waals surface area contributed by atoms with Crippen molar-refractivity contribution >= 4 is 38.4 Å². The standard InChI is InChI=1S/C15H15BrN2O2/c1-9-5-6-13(20-9)15(19)18-12-4-2-3-10-7-11(16)8-17-14(10)12/h2-4,7-9,13H,5-6H2,1H3,(H,18,19). The number of para-hydroxylation sites is 1. The van der Waals surface area contributed by atoms with Gasteiger partial charge in [-0.15, -0.1) is 0 Å². The maximum Gasteiger partial charge on any atom is 0.253 e. The predicted molar refractivity (Wildman–Crippen MR) is 81.6 cm³/mol. The quantitative estimate of drug-likeness (QED) is 0.914. The van der Waals surface area contributed by atoms with E-state index >= 15 is 0 Å². The van der Waals surface area contributed by atoms with E-state index in [1.165, 1.54) is 0 Å². The van der Waals surface area contributed by atoms with E-state index in [0.717, 1.165) is 33.9 Å². The lowest BCUT2D eigenvalue weighted by atomic mass is 10.1. The van der Waals surface area contributed by atoms with E-state index in [1.807, 2.05) is 31.2 Å². The van der Waals surface area contributed by atoms with E-state index in [-0.39, 0.29) is 18.1 Å². The third kappa shape index (κ3) is 2.69. The van der Waals surface area contributed by atoms with Crippen molar-refractivity contribution in [3.05, 3.63) is 34.9 Å². The molecule has 0 spiro atoms. The summed E-state index contributed by atoms with van der Waals surface area (Å²) in [6.45, 7) is 1.99. The number of nitrogens with one attached hydrogen (secondary N) is 1. The van der Waals surface area contributed by atoms with Crippen molar-refractivity contribution in [2.45, 2.75) is 32.0 Å². The van der Waals surface area contributed by atoms with E-state index in [4.69, 9.17) is 4.74 Å². The van der Waals surface area contributed by atoms with Gasteiger partial charge in [0.2, 0.25) is 0 Å². The number of nitrogens with zero attached hydrogens (tertiary/aromatic N) is 1. The van der Waals surface area contributed by atoms with Crippen LogP contribution in [0.15, 0.2) is 34.9 Å². The van der Waals surface area contributed by atoms with Crippen molar-refractivity contribution in [3.8, 4) is 0 Å². The highest BCUT2D eigenvalue weighted by Crippen LogP contribution is 2.25. The van der Waals surface area contributed by atoms with Gasteiger partial charge in [0.1, 0.15) is 6.10 Å². The van der Waals surface area contributed by atoms with Crippen LogP contribution >= 0.6 is 15.9 Å². The van der Waals surface area contributed by atoms with Gasteiger partial charge in [-0.2, -0.15) is 0 Å². The molecule has 2 heterocycles. The highest BCUT2D eigenvalue weighted by Gasteiger charge is 2.28. The van der Waals surface area contributed by atoms with Crippen molar-refractivity contribution in [2.75, 3.05) is 5.32 Å². The minimum absolute atomic E-state index is 0.0911. The SMILES string of the molecule is CC1CCC(C(=O)Nc2cccc3cc(Br)cnc23)O1. The Labute approximate surface area is 125 Å². The van der Waals surface area contributed by atoms with Crippen LogP contribution in [0.4, 0.5) is 5.69 Å². The third-order valence-electron chi connectivity index (χ3n) is 3.46. The summed E-state index contributed by atoms with van der Waals surface area (Å²) in [7, 11) is 0. The summed E-state index contributed by atoms with van der Waals surface area (Å²) < 4.78 is 6.50. The Morgan fingerprint density at radius 3 is 3.05 bits per heavy atom. The van der Waals surface area contributed by atoms with Crippen LogP contribution < -0.4 is 5.32 Å². The summed E-state index contributed by atoms with van der Waals surface area (Å²) in [6, 6.07) is 7.72. The number of fused-ring (bicyclic) bond motifs is 1. The number of pyridine rings is 1. The summed E-state index contributed by atoms with van der Waals surface area (Å²) in [5.41, 5.74) is 1.51. The van der Waals surface area contributed by atoms with E-state index < -0.39 is 0 Å². The molecule has 1 fully saturated rings. The van der Waals surface area contributed by atoms with Crippen LogP contribution in [-0.2, 0) is 9.53 Å². The van der Waals surface area contributed by atoms with Gasteiger partial charge in [0.05, 0.1) is 17.3 Å². The number of aromatic nitrogens is 1. The molecule has 3 rings (SSSR count). The number of anilines is 1. The van der Waals surface area contributed by atoms with E-state index in [1.54, 1.807) is 6.20 Å². The largest absolute Gasteiger partial charge is 0.365 e. The number of carbonyl (C=O) groups excluding carboxylic acids is 1. The van der Waals surface area contributed by atoms with Gasteiger partial charge >= 0.3 is 0 Å². The normalized spacial score (nSPS) is 22.1. The van der Waals surface area contributed by atoms with Crippen LogP contribution in [0.3, 0.4) is 0 Å². The molecule has 2 aromatic rings. The molecule has 2 atom stereocenters. The maximum absolute atomic E-state index is 12.2. The minimum atomic E-state index is -0.351. The summed E-state index contributed by atoms with van der Waals surface area (Å²) in [5, 5.41) is 3.91. The average molecular weight is 335 g/mol. The van der Waals surface area contributed by atoms with Gasteiger partial charge in [0, 0.05) is 16.1 Å². The molecular formula is C15H15BrN2O2. The molecule has 20 heavy (non-hydrogen) atoms. The van der Waals surface area contributed by atoms with Crippen LogP contribution in [0.1, 0.15) is 19.8 Å². The van der Waals surface area contributed by atoms with Gasteiger partial charge in [0.25, 0.3) is 5.91 Å². The number of hydrogen-bond donors (Lipinski definition) is 1. The zero-order chi connectivity index (χ0) is 14.1. The fourth-order valence-electron chi connectivity index (χ4n) is 2.44. The first-order chi connectivity index (χ1) is 9.63. The molecule has 2 unspecified atom stereocenters. The second-order valence-corrected chi connectivity index (χ2v) is 5.95. The smallest absolute Gasteiger partial charge is 0.253 e. The molecule has 0 saturated carbocycles.